The fourth-order valence-corrected chi connectivity index (χ4v) is 3.32. The van der Waals surface area contributed by atoms with E-state index < -0.39 is 0 Å². The van der Waals surface area contributed by atoms with Gasteiger partial charge in [0.25, 0.3) is 0 Å². The summed E-state index contributed by atoms with van der Waals surface area (Å²) < 4.78 is 16.9. The lowest BCUT2D eigenvalue weighted by atomic mass is 10.1. The molecule has 5 heteroatoms. The van der Waals surface area contributed by atoms with E-state index in [9.17, 15) is 4.79 Å². The van der Waals surface area contributed by atoms with Crippen LogP contribution >= 0.6 is 0 Å². The molecule has 1 amide bonds. The summed E-state index contributed by atoms with van der Waals surface area (Å²) in [6.07, 6.45) is 3.22. The summed E-state index contributed by atoms with van der Waals surface area (Å²) in [4.78, 5) is 14.2. The van der Waals surface area contributed by atoms with E-state index >= 15 is 0 Å². The molecule has 3 aromatic carbocycles. The molecule has 0 bridgehead atoms. The lowest BCUT2D eigenvalue weighted by molar-refractivity contribution is -0.126. The lowest BCUT2D eigenvalue weighted by Gasteiger charge is -2.29. The standard InChI is InChI=1S/C24H23NO4/c1-25(15-21-16-28-22-5-3-4-6-23(22)29-21)24(26)12-8-17-7-9-19-14-20(27-2)11-10-18(19)13-17/h3-14,21H,15-16H2,1-2H3/b12-8+. The van der Waals surface area contributed by atoms with E-state index in [4.69, 9.17) is 14.2 Å². The first-order chi connectivity index (χ1) is 14.1. The van der Waals surface area contributed by atoms with Gasteiger partial charge in [-0.2, -0.15) is 0 Å². The summed E-state index contributed by atoms with van der Waals surface area (Å²) in [5.41, 5.74) is 0.968. The molecule has 1 atom stereocenters. The Morgan fingerprint density at radius 1 is 1.10 bits per heavy atom. The molecule has 1 unspecified atom stereocenters. The zero-order valence-corrected chi connectivity index (χ0v) is 16.5. The van der Waals surface area contributed by atoms with Crippen LogP contribution in [0.1, 0.15) is 5.56 Å². The zero-order chi connectivity index (χ0) is 20.2. The Hall–Kier alpha value is -3.47. The van der Waals surface area contributed by atoms with Crippen LogP contribution in [-0.4, -0.2) is 44.2 Å². The van der Waals surface area contributed by atoms with E-state index in [1.165, 1.54) is 0 Å². The van der Waals surface area contributed by atoms with Crippen LogP contribution in [0.4, 0.5) is 0 Å². The number of rotatable bonds is 5. The Kier molecular flexibility index (Phi) is 5.38. The number of nitrogens with zero attached hydrogens (tertiary/aromatic N) is 1. The molecule has 0 saturated carbocycles. The summed E-state index contributed by atoms with van der Waals surface area (Å²) in [5.74, 6) is 2.20. The number of benzene rings is 3. The van der Waals surface area contributed by atoms with Crippen molar-refractivity contribution < 1.29 is 19.0 Å². The van der Waals surface area contributed by atoms with Crippen molar-refractivity contribution in [3.8, 4) is 17.2 Å². The number of amides is 1. The summed E-state index contributed by atoms with van der Waals surface area (Å²) in [5, 5.41) is 2.19. The van der Waals surface area contributed by atoms with Crippen molar-refractivity contribution in [3.63, 3.8) is 0 Å². The summed E-state index contributed by atoms with van der Waals surface area (Å²) in [6.45, 7) is 0.876. The molecular weight excluding hydrogens is 366 g/mol. The average molecular weight is 389 g/mol. The monoisotopic (exact) mass is 389 g/mol. The van der Waals surface area contributed by atoms with Gasteiger partial charge in [-0.1, -0.05) is 30.3 Å². The van der Waals surface area contributed by atoms with Gasteiger partial charge in [0.2, 0.25) is 5.91 Å². The van der Waals surface area contributed by atoms with Gasteiger partial charge in [-0.25, -0.2) is 0 Å². The van der Waals surface area contributed by atoms with Crippen LogP contribution < -0.4 is 14.2 Å². The lowest BCUT2D eigenvalue weighted by Crippen LogP contribution is -2.41. The van der Waals surface area contributed by atoms with Crippen molar-refractivity contribution in [1.29, 1.82) is 0 Å². The van der Waals surface area contributed by atoms with Crippen molar-refractivity contribution in [2.24, 2.45) is 0 Å². The molecule has 0 aromatic heterocycles. The molecule has 4 rings (SSSR count). The fourth-order valence-electron chi connectivity index (χ4n) is 3.32. The fraction of sp³-hybridized carbons (Fsp3) is 0.208. The topological polar surface area (TPSA) is 48.0 Å². The van der Waals surface area contributed by atoms with Gasteiger partial charge in [0.1, 0.15) is 12.4 Å². The van der Waals surface area contributed by atoms with Gasteiger partial charge < -0.3 is 19.1 Å². The number of methoxy groups -OCH3 is 1. The molecule has 0 N–H and O–H groups in total. The van der Waals surface area contributed by atoms with Crippen molar-refractivity contribution in [1.82, 2.24) is 4.90 Å². The molecular formula is C24H23NO4. The normalized spacial score (nSPS) is 15.4. The number of likely N-dealkylation sites (N-methyl/N-ethyl adjacent to an activating group) is 1. The summed E-state index contributed by atoms with van der Waals surface area (Å²) in [7, 11) is 3.42. The van der Waals surface area contributed by atoms with E-state index in [0.717, 1.165) is 27.8 Å². The molecule has 29 heavy (non-hydrogen) atoms. The van der Waals surface area contributed by atoms with E-state index in [0.29, 0.717) is 18.9 Å². The number of hydrogen-bond donors (Lipinski definition) is 0. The third-order valence-electron chi connectivity index (χ3n) is 4.91. The van der Waals surface area contributed by atoms with Crippen molar-refractivity contribution in [3.05, 3.63) is 72.3 Å². The molecule has 0 aliphatic carbocycles. The van der Waals surface area contributed by atoms with Crippen LogP contribution in [0.5, 0.6) is 17.2 Å². The number of fused-ring (bicyclic) bond motifs is 2. The Morgan fingerprint density at radius 2 is 1.86 bits per heavy atom. The van der Waals surface area contributed by atoms with Gasteiger partial charge in [0.15, 0.2) is 17.6 Å². The quantitative estimate of drug-likeness (QED) is 0.615. The number of carbonyl (C=O) groups excluding carboxylic acids is 1. The van der Waals surface area contributed by atoms with Crippen molar-refractivity contribution in [2.75, 3.05) is 27.3 Å². The highest BCUT2D eigenvalue weighted by atomic mass is 16.6. The van der Waals surface area contributed by atoms with Crippen LogP contribution in [0.25, 0.3) is 16.8 Å². The first kappa shape index (κ1) is 18.9. The molecule has 0 saturated heterocycles. The van der Waals surface area contributed by atoms with Gasteiger partial charge in [0, 0.05) is 13.1 Å². The second kappa shape index (κ2) is 8.27. The average Bonchev–Trinajstić information content (AvgIpc) is 2.76. The van der Waals surface area contributed by atoms with Gasteiger partial charge >= 0.3 is 0 Å². The smallest absolute Gasteiger partial charge is 0.246 e. The number of para-hydroxylation sites is 2. The summed E-state index contributed by atoms with van der Waals surface area (Å²) >= 11 is 0. The molecule has 5 nitrogen and oxygen atoms in total. The largest absolute Gasteiger partial charge is 0.497 e. The molecule has 0 spiro atoms. The van der Waals surface area contributed by atoms with Crippen molar-refractivity contribution >= 4 is 22.8 Å². The minimum atomic E-state index is -0.192. The van der Waals surface area contributed by atoms with E-state index in [1.54, 1.807) is 25.1 Å². The first-order valence-electron chi connectivity index (χ1n) is 9.52. The second-order valence-corrected chi connectivity index (χ2v) is 7.02. The predicted octanol–water partition coefficient (Wildman–Crippen LogP) is 4.16. The zero-order valence-electron chi connectivity index (χ0n) is 16.5. The number of ether oxygens (including phenoxy) is 3. The number of carbonyl (C=O) groups is 1. The van der Waals surface area contributed by atoms with Gasteiger partial charge in [-0.05, 0) is 52.7 Å². The molecule has 3 aromatic rings. The minimum Gasteiger partial charge on any atom is -0.497 e. The molecule has 148 valence electrons. The first-order valence-corrected chi connectivity index (χ1v) is 9.52. The maximum Gasteiger partial charge on any atom is 0.246 e. The Morgan fingerprint density at radius 3 is 2.69 bits per heavy atom. The predicted molar refractivity (Wildman–Crippen MR) is 114 cm³/mol. The van der Waals surface area contributed by atoms with Crippen LogP contribution in [-0.2, 0) is 4.79 Å². The Labute approximate surface area is 170 Å². The molecule has 0 fully saturated rings. The highest BCUT2D eigenvalue weighted by Crippen LogP contribution is 2.31. The Balaban J connectivity index is 1.38. The molecule has 1 aliphatic heterocycles. The van der Waals surface area contributed by atoms with Crippen LogP contribution in [0.2, 0.25) is 0 Å². The van der Waals surface area contributed by atoms with Crippen LogP contribution in [0.15, 0.2) is 66.7 Å². The van der Waals surface area contributed by atoms with E-state index in [2.05, 4.69) is 0 Å². The molecule has 1 heterocycles. The van der Waals surface area contributed by atoms with Gasteiger partial charge in [-0.15, -0.1) is 0 Å². The van der Waals surface area contributed by atoms with Gasteiger partial charge in [0.05, 0.1) is 13.7 Å². The molecule has 0 radical (unpaired) electrons. The number of hydrogen-bond acceptors (Lipinski definition) is 4. The SMILES string of the molecule is COc1ccc2cc(/C=C/C(=O)N(C)CC3COc4ccccc4O3)ccc2c1. The minimum absolute atomic E-state index is 0.0812. The third kappa shape index (κ3) is 4.35. The van der Waals surface area contributed by atoms with Crippen LogP contribution in [0, 0.1) is 0 Å². The van der Waals surface area contributed by atoms with Crippen molar-refractivity contribution in [2.45, 2.75) is 6.10 Å². The Bertz CT molecular complexity index is 1060. The maximum atomic E-state index is 12.5. The highest BCUT2D eigenvalue weighted by Gasteiger charge is 2.23. The summed E-state index contributed by atoms with van der Waals surface area (Å²) in [6, 6.07) is 19.6. The molecule has 1 aliphatic rings. The van der Waals surface area contributed by atoms with Crippen LogP contribution in [0.3, 0.4) is 0 Å². The maximum absolute atomic E-state index is 12.5. The van der Waals surface area contributed by atoms with Gasteiger partial charge in [-0.3, -0.25) is 4.79 Å². The van der Waals surface area contributed by atoms with E-state index in [1.807, 2.05) is 66.7 Å². The third-order valence-corrected chi connectivity index (χ3v) is 4.91. The second-order valence-electron chi connectivity index (χ2n) is 7.02. The highest BCUT2D eigenvalue weighted by molar-refractivity contribution is 5.93. The van der Waals surface area contributed by atoms with E-state index in [-0.39, 0.29) is 12.0 Å².